The van der Waals surface area contributed by atoms with Crippen LogP contribution in [0.3, 0.4) is 0 Å². The first-order chi connectivity index (χ1) is 17.9. The van der Waals surface area contributed by atoms with Crippen molar-refractivity contribution in [2.75, 3.05) is 11.5 Å². The largest absolute Gasteiger partial charge is 0.493 e. The van der Waals surface area contributed by atoms with E-state index >= 15 is 0 Å². The first-order valence-electron chi connectivity index (χ1n) is 12.3. The first-order valence-corrected chi connectivity index (χ1v) is 12.3. The Kier molecular flexibility index (Phi) is 4.51. The molecule has 7 rings (SSSR count). The van der Waals surface area contributed by atoms with E-state index in [1.54, 1.807) is 30.3 Å². The summed E-state index contributed by atoms with van der Waals surface area (Å²) < 4.78 is 17.3. The molecule has 2 amide bonds. The minimum Gasteiger partial charge on any atom is -0.493 e. The van der Waals surface area contributed by atoms with E-state index in [9.17, 15) is 14.9 Å². The van der Waals surface area contributed by atoms with Crippen molar-refractivity contribution in [3.8, 4) is 11.8 Å². The Morgan fingerprint density at radius 1 is 1.03 bits per heavy atom. The van der Waals surface area contributed by atoms with E-state index in [0.29, 0.717) is 64.7 Å². The predicted octanol–water partition coefficient (Wildman–Crippen LogP) is 4.14. The van der Waals surface area contributed by atoms with Crippen molar-refractivity contribution in [2.24, 2.45) is 11.8 Å². The van der Waals surface area contributed by atoms with Crippen LogP contribution < -0.4 is 9.64 Å². The number of benzene rings is 3. The standard InChI is InChI=1S/C28H22N4O5/c1-27-10-11-28(36-27,12-13-35-17-7-8-20-21(14-17)31-37-30-20)24-23(27)25(33)32(26(24)34)22-9-6-16(15-29)18-4-2-3-5-19(18)22/h2-9,14,23-24H,10-13H2,1H3. The molecular weight excluding hydrogens is 472 g/mol. The number of fused-ring (bicyclic) bond motifs is 7. The van der Waals surface area contributed by atoms with Gasteiger partial charge in [-0.25, -0.2) is 9.53 Å². The summed E-state index contributed by atoms with van der Waals surface area (Å²) in [5.41, 5.74) is 0.779. The third kappa shape index (κ3) is 2.99. The molecule has 4 unspecified atom stereocenters. The maximum atomic E-state index is 14.0. The highest BCUT2D eigenvalue weighted by molar-refractivity contribution is 6.26. The topological polar surface area (TPSA) is 119 Å². The maximum absolute atomic E-state index is 14.0. The number of imide groups is 1. The summed E-state index contributed by atoms with van der Waals surface area (Å²) in [6.45, 7) is 2.26. The molecule has 0 aliphatic carbocycles. The second-order valence-corrected chi connectivity index (χ2v) is 10.2. The lowest BCUT2D eigenvalue weighted by atomic mass is 9.67. The summed E-state index contributed by atoms with van der Waals surface area (Å²) in [5.74, 6) is -1.00. The molecule has 4 heterocycles. The zero-order valence-electron chi connectivity index (χ0n) is 20.0. The van der Waals surface area contributed by atoms with Gasteiger partial charge in [0.1, 0.15) is 16.8 Å². The number of carbonyl (C=O) groups is 2. The molecule has 3 aromatic carbocycles. The van der Waals surface area contributed by atoms with Crippen molar-refractivity contribution < 1.29 is 23.7 Å². The van der Waals surface area contributed by atoms with Crippen molar-refractivity contribution >= 4 is 39.3 Å². The summed E-state index contributed by atoms with van der Waals surface area (Å²) in [6, 6.07) is 18.3. The van der Waals surface area contributed by atoms with Crippen LogP contribution in [0.15, 0.2) is 59.2 Å². The van der Waals surface area contributed by atoms with Gasteiger partial charge in [-0.15, -0.1) is 0 Å². The number of aromatic nitrogens is 2. The molecule has 0 spiro atoms. The van der Waals surface area contributed by atoms with Crippen molar-refractivity contribution in [1.82, 2.24) is 10.3 Å². The Labute approximate surface area is 211 Å². The number of rotatable bonds is 5. The van der Waals surface area contributed by atoms with Crippen molar-refractivity contribution in [3.05, 3.63) is 60.2 Å². The van der Waals surface area contributed by atoms with Crippen LogP contribution in [0.2, 0.25) is 0 Å². The quantitative estimate of drug-likeness (QED) is 0.380. The van der Waals surface area contributed by atoms with E-state index in [1.807, 2.05) is 31.2 Å². The van der Waals surface area contributed by atoms with E-state index in [1.165, 1.54) is 4.90 Å². The van der Waals surface area contributed by atoms with Gasteiger partial charge in [-0.3, -0.25) is 9.59 Å². The van der Waals surface area contributed by atoms with Gasteiger partial charge in [0.05, 0.1) is 47.0 Å². The van der Waals surface area contributed by atoms with Gasteiger partial charge >= 0.3 is 0 Å². The number of anilines is 1. The maximum Gasteiger partial charge on any atom is 0.240 e. The lowest BCUT2D eigenvalue weighted by molar-refractivity contribution is -0.131. The Morgan fingerprint density at radius 3 is 2.65 bits per heavy atom. The molecule has 3 fully saturated rings. The summed E-state index contributed by atoms with van der Waals surface area (Å²) >= 11 is 0. The summed E-state index contributed by atoms with van der Waals surface area (Å²) in [6.07, 6.45) is 1.85. The second kappa shape index (κ2) is 7.60. The zero-order chi connectivity index (χ0) is 25.4. The van der Waals surface area contributed by atoms with Crippen molar-refractivity contribution in [1.29, 1.82) is 5.26 Å². The van der Waals surface area contributed by atoms with Gasteiger partial charge < -0.3 is 9.47 Å². The molecule has 9 nitrogen and oxygen atoms in total. The molecule has 0 radical (unpaired) electrons. The van der Waals surface area contributed by atoms with Crippen LogP contribution in [0.5, 0.6) is 5.75 Å². The number of hydrogen-bond donors (Lipinski definition) is 0. The number of nitrogens with zero attached hydrogens (tertiary/aromatic N) is 4. The van der Waals surface area contributed by atoms with E-state index in [2.05, 4.69) is 16.4 Å². The SMILES string of the molecule is CC12CCC(CCOc3ccc4nonc4c3)(O1)C1C(=O)N(c3ccc(C#N)c4ccccc34)C(=O)C12. The fourth-order valence-electron chi connectivity index (χ4n) is 6.62. The highest BCUT2D eigenvalue weighted by Gasteiger charge is 2.73. The van der Waals surface area contributed by atoms with E-state index < -0.39 is 23.0 Å². The van der Waals surface area contributed by atoms with Crippen molar-refractivity contribution in [3.63, 3.8) is 0 Å². The summed E-state index contributed by atoms with van der Waals surface area (Å²) in [4.78, 5) is 29.1. The third-order valence-electron chi connectivity index (χ3n) is 8.29. The van der Waals surface area contributed by atoms with E-state index in [0.717, 1.165) is 0 Å². The molecule has 4 aromatic rings. The van der Waals surface area contributed by atoms with Gasteiger partial charge in [0.15, 0.2) is 0 Å². The minimum atomic E-state index is -0.775. The van der Waals surface area contributed by atoms with Crippen LogP contribution in [0, 0.1) is 23.2 Å². The van der Waals surface area contributed by atoms with Crippen LogP contribution in [0.25, 0.3) is 21.8 Å². The molecule has 4 atom stereocenters. The van der Waals surface area contributed by atoms with Gasteiger partial charge in [-0.2, -0.15) is 5.26 Å². The first kappa shape index (κ1) is 21.9. The zero-order valence-corrected chi connectivity index (χ0v) is 20.0. The molecule has 3 saturated heterocycles. The molecule has 2 bridgehead atoms. The highest BCUT2D eigenvalue weighted by Crippen LogP contribution is 2.62. The van der Waals surface area contributed by atoms with Crippen LogP contribution in [0.1, 0.15) is 31.7 Å². The molecule has 184 valence electrons. The molecule has 0 N–H and O–H groups in total. The fourth-order valence-corrected chi connectivity index (χ4v) is 6.62. The molecule has 3 aliphatic heterocycles. The predicted molar refractivity (Wildman–Crippen MR) is 132 cm³/mol. The lowest BCUT2D eigenvalue weighted by Gasteiger charge is -2.31. The molecule has 1 aromatic heterocycles. The molecule has 9 heteroatoms. The molecular formula is C28H22N4O5. The number of carbonyl (C=O) groups excluding carboxylic acids is 2. The number of hydrogen-bond acceptors (Lipinski definition) is 8. The van der Waals surface area contributed by atoms with Gasteiger partial charge in [-0.05, 0) is 54.3 Å². The third-order valence-corrected chi connectivity index (χ3v) is 8.29. The van der Waals surface area contributed by atoms with Gasteiger partial charge in [0.25, 0.3) is 0 Å². The molecule has 37 heavy (non-hydrogen) atoms. The van der Waals surface area contributed by atoms with Crippen LogP contribution >= 0.6 is 0 Å². The number of amides is 2. The minimum absolute atomic E-state index is 0.237. The van der Waals surface area contributed by atoms with E-state index in [-0.39, 0.29) is 11.8 Å². The Bertz CT molecular complexity index is 1660. The van der Waals surface area contributed by atoms with Crippen LogP contribution in [-0.4, -0.2) is 39.9 Å². The van der Waals surface area contributed by atoms with Gasteiger partial charge in [-0.1, -0.05) is 24.3 Å². The average Bonchev–Trinajstić information content (AvgIpc) is 3.63. The molecule has 3 aliphatic rings. The average molecular weight is 495 g/mol. The Hall–Kier alpha value is -4.29. The highest BCUT2D eigenvalue weighted by atomic mass is 16.6. The smallest absolute Gasteiger partial charge is 0.240 e. The van der Waals surface area contributed by atoms with Crippen LogP contribution in [0.4, 0.5) is 5.69 Å². The summed E-state index contributed by atoms with van der Waals surface area (Å²) in [5, 5.41) is 18.6. The van der Waals surface area contributed by atoms with Crippen LogP contribution in [-0.2, 0) is 14.3 Å². The lowest BCUT2D eigenvalue weighted by Crippen LogP contribution is -2.43. The monoisotopic (exact) mass is 494 g/mol. The normalized spacial score (nSPS) is 28.3. The second-order valence-electron chi connectivity index (χ2n) is 10.2. The fraction of sp³-hybridized carbons (Fsp3) is 0.321. The van der Waals surface area contributed by atoms with E-state index in [4.69, 9.17) is 14.1 Å². The van der Waals surface area contributed by atoms with Crippen molar-refractivity contribution in [2.45, 2.75) is 37.4 Å². The Balaban J connectivity index is 1.20. The Morgan fingerprint density at radius 2 is 1.81 bits per heavy atom. The number of ether oxygens (including phenoxy) is 2. The molecule has 0 saturated carbocycles. The van der Waals surface area contributed by atoms with Gasteiger partial charge in [0.2, 0.25) is 11.8 Å². The number of nitriles is 1. The van der Waals surface area contributed by atoms with Gasteiger partial charge in [0, 0.05) is 23.3 Å². The summed E-state index contributed by atoms with van der Waals surface area (Å²) in [7, 11) is 0.